The Morgan fingerprint density at radius 2 is 1.91 bits per heavy atom. The maximum absolute atomic E-state index is 13.8. The highest BCUT2D eigenvalue weighted by Crippen LogP contribution is 2.47. The Labute approximate surface area is 133 Å². The Morgan fingerprint density at radius 3 is 2.48 bits per heavy atom. The van der Waals surface area contributed by atoms with Gasteiger partial charge in [-0.15, -0.1) is 0 Å². The van der Waals surface area contributed by atoms with Crippen LogP contribution in [0.3, 0.4) is 0 Å². The normalized spacial score (nSPS) is 21.9. The van der Waals surface area contributed by atoms with Gasteiger partial charge in [0.15, 0.2) is 5.54 Å². The van der Waals surface area contributed by atoms with Crippen LogP contribution < -0.4 is 0 Å². The van der Waals surface area contributed by atoms with Gasteiger partial charge in [0, 0.05) is 19.2 Å². The molecule has 0 aromatic heterocycles. The minimum Gasteiger partial charge on any atom is -0.324 e. The molecule has 0 bridgehead atoms. The molecule has 23 heavy (non-hydrogen) atoms. The Hall–Kier alpha value is -1.57. The molecule has 1 aromatic carbocycles. The zero-order chi connectivity index (χ0) is 17.5. The van der Waals surface area contributed by atoms with Gasteiger partial charge in [0.05, 0.1) is 5.75 Å². The van der Waals surface area contributed by atoms with E-state index >= 15 is 0 Å². The molecule has 128 valence electrons. The number of alkyl halides is 3. The van der Waals surface area contributed by atoms with Crippen LogP contribution in [0.4, 0.5) is 13.2 Å². The SMILES string of the molecule is C[C@@]1(C(F)(F)F)c2ccccc2CCN1C(=O)CCS(C)(=O)=O. The highest BCUT2D eigenvalue weighted by molar-refractivity contribution is 7.90. The molecule has 1 aromatic rings. The Morgan fingerprint density at radius 1 is 1.30 bits per heavy atom. The summed E-state index contributed by atoms with van der Waals surface area (Å²) >= 11 is 0. The van der Waals surface area contributed by atoms with Crippen molar-refractivity contribution in [3.63, 3.8) is 0 Å². The van der Waals surface area contributed by atoms with E-state index in [1.54, 1.807) is 12.1 Å². The van der Waals surface area contributed by atoms with Gasteiger partial charge in [-0.1, -0.05) is 24.3 Å². The minimum absolute atomic E-state index is 0.0476. The number of carbonyl (C=O) groups excluding carboxylic acids is 1. The second kappa shape index (κ2) is 5.81. The first-order valence-electron chi connectivity index (χ1n) is 7.10. The summed E-state index contributed by atoms with van der Waals surface area (Å²) in [5, 5.41) is 0. The predicted molar refractivity (Wildman–Crippen MR) is 79.6 cm³/mol. The summed E-state index contributed by atoms with van der Waals surface area (Å²) in [6.07, 6.45) is -3.85. The quantitative estimate of drug-likeness (QED) is 0.841. The van der Waals surface area contributed by atoms with E-state index in [1.807, 2.05) is 0 Å². The van der Waals surface area contributed by atoms with E-state index in [0.717, 1.165) is 18.1 Å². The summed E-state index contributed by atoms with van der Waals surface area (Å²) in [6.45, 7) is 0.888. The van der Waals surface area contributed by atoms with E-state index in [1.165, 1.54) is 12.1 Å². The molecule has 0 spiro atoms. The van der Waals surface area contributed by atoms with E-state index in [9.17, 15) is 26.4 Å². The number of rotatable bonds is 3. The molecule has 1 amide bonds. The van der Waals surface area contributed by atoms with Gasteiger partial charge in [-0.05, 0) is 24.5 Å². The highest BCUT2D eigenvalue weighted by atomic mass is 32.2. The van der Waals surface area contributed by atoms with Gasteiger partial charge in [-0.25, -0.2) is 8.42 Å². The molecule has 1 atom stereocenters. The number of fused-ring (bicyclic) bond motifs is 1. The fourth-order valence-corrected chi connectivity index (χ4v) is 3.45. The summed E-state index contributed by atoms with van der Waals surface area (Å²) < 4.78 is 63.7. The van der Waals surface area contributed by atoms with Gasteiger partial charge in [0.25, 0.3) is 0 Å². The first-order chi connectivity index (χ1) is 10.5. The first kappa shape index (κ1) is 17.8. The van der Waals surface area contributed by atoms with Crippen LogP contribution in [0.25, 0.3) is 0 Å². The van der Waals surface area contributed by atoms with Gasteiger partial charge in [-0.3, -0.25) is 4.79 Å². The molecule has 0 unspecified atom stereocenters. The number of benzene rings is 1. The van der Waals surface area contributed by atoms with Crippen LogP contribution in [0, 0.1) is 0 Å². The maximum Gasteiger partial charge on any atom is 0.415 e. The molecule has 0 N–H and O–H groups in total. The third kappa shape index (κ3) is 3.36. The van der Waals surface area contributed by atoms with E-state index in [-0.39, 0.29) is 12.1 Å². The molecule has 1 heterocycles. The monoisotopic (exact) mass is 349 g/mol. The third-order valence-electron chi connectivity index (χ3n) is 4.23. The minimum atomic E-state index is -4.66. The number of nitrogens with zero attached hydrogens (tertiary/aromatic N) is 1. The molecule has 0 fully saturated rings. The van der Waals surface area contributed by atoms with E-state index in [2.05, 4.69) is 0 Å². The van der Waals surface area contributed by atoms with Gasteiger partial charge in [0.2, 0.25) is 5.91 Å². The lowest BCUT2D eigenvalue weighted by Gasteiger charge is -2.46. The van der Waals surface area contributed by atoms with Gasteiger partial charge < -0.3 is 4.90 Å². The van der Waals surface area contributed by atoms with Gasteiger partial charge in [0.1, 0.15) is 9.84 Å². The smallest absolute Gasteiger partial charge is 0.324 e. The van der Waals surface area contributed by atoms with Crippen molar-refractivity contribution in [3.05, 3.63) is 35.4 Å². The Kier molecular flexibility index (Phi) is 4.49. The Balaban J connectivity index is 2.42. The van der Waals surface area contributed by atoms with Crippen LogP contribution >= 0.6 is 0 Å². The fourth-order valence-electron chi connectivity index (χ4n) is 2.90. The van der Waals surface area contributed by atoms with Crippen LogP contribution in [-0.4, -0.2) is 44.0 Å². The molecular formula is C15H18F3NO3S. The van der Waals surface area contributed by atoms with Crippen molar-refractivity contribution in [2.45, 2.75) is 31.5 Å². The molecular weight excluding hydrogens is 331 g/mol. The summed E-state index contributed by atoms with van der Waals surface area (Å²) in [5.74, 6) is -1.26. The van der Waals surface area contributed by atoms with Gasteiger partial charge >= 0.3 is 6.18 Å². The highest BCUT2D eigenvalue weighted by Gasteiger charge is 2.59. The number of sulfone groups is 1. The molecule has 1 aliphatic rings. The van der Waals surface area contributed by atoms with Crippen molar-refractivity contribution < 1.29 is 26.4 Å². The fraction of sp³-hybridized carbons (Fsp3) is 0.533. The summed E-state index contributed by atoms with van der Waals surface area (Å²) in [5.41, 5.74) is -1.85. The summed E-state index contributed by atoms with van der Waals surface area (Å²) in [4.78, 5) is 13.0. The second-order valence-electron chi connectivity index (χ2n) is 5.90. The number of hydrogen-bond acceptors (Lipinski definition) is 3. The molecule has 0 aliphatic carbocycles. The predicted octanol–water partition coefficient (Wildman–Crippen LogP) is 2.28. The second-order valence-corrected chi connectivity index (χ2v) is 8.16. The van der Waals surface area contributed by atoms with Crippen LogP contribution in [0.2, 0.25) is 0 Å². The van der Waals surface area contributed by atoms with Crippen LogP contribution in [0.15, 0.2) is 24.3 Å². The largest absolute Gasteiger partial charge is 0.415 e. The van der Waals surface area contributed by atoms with Crippen molar-refractivity contribution in [1.82, 2.24) is 4.90 Å². The maximum atomic E-state index is 13.8. The molecule has 1 aliphatic heterocycles. The van der Waals surface area contributed by atoms with Crippen molar-refractivity contribution in [2.24, 2.45) is 0 Å². The Bertz CT molecular complexity index is 715. The van der Waals surface area contributed by atoms with Crippen LogP contribution in [-0.2, 0) is 26.6 Å². The lowest BCUT2D eigenvalue weighted by molar-refractivity contribution is -0.234. The number of halogens is 3. The van der Waals surface area contributed by atoms with Gasteiger partial charge in [-0.2, -0.15) is 13.2 Å². The number of amides is 1. The van der Waals surface area contributed by atoms with Crippen molar-refractivity contribution >= 4 is 15.7 Å². The zero-order valence-electron chi connectivity index (χ0n) is 12.9. The first-order valence-corrected chi connectivity index (χ1v) is 9.16. The van der Waals surface area contributed by atoms with Crippen molar-refractivity contribution in [1.29, 1.82) is 0 Å². The standard InChI is InChI=1S/C15H18F3NO3S/c1-14(15(16,17)18)12-6-4-3-5-11(12)7-9-19(14)13(20)8-10-23(2,21)22/h3-6H,7-10H2,1-2H3/t14-/m0/s1. The zero-order valence-corrected chi connectivity index (χ0v) is 13.7. The van der Waals surface area contributed by atoms with E-state index in [4.69, 9.17) is 0 Å². The molecule has 0 saturated heterocycles. The molecule has 2 rings (SSSR count). The summed E-state index contributed by atoms with van der Waals surface area (Å²) in [7, 11) is -3.42. The molecule has 8 heteroatoms. The number of hydrogen-bond donors (Lipinski definition) is 0. The average Bonchev–Trinajstić information content (AvgIpc) is 2.43. The van der Waals surface area contributed by atoms with E-state index < -0.39 is 39.6 Å². The molecule has 0 radical (unpaired) electrons. The average molecular weight is 349 g/mol. The number of carbonyl (C=O) groups is 1. The molecule has 0 saturated carbocycles. The lowest BCUT2D eigenvalue weighted by Crippen LogP contribution is -2.59. The van der Waals surface area contributed by atoms with Crippen LogP contribution in [0.5, 0.6) is 0 Å². The van der Waals surface area contributed by atoms with Crippen LogP contribution in [0.1, 0.15) is 24.5 Å². The van der Waals surface area contributed by atoms with E-state index in [0.29, 0.717) is 12.0 Å². The van der Waals surface area contributed by atoms with Crippen molar-refractivity contribution in [2.75, 3.05) is 18.6 Å². The third-order valence-corrected chi connectivity index (χ3v) is 5.17. The van der Waals surface area contributed by atoms with Crippen molar-refractivity contribution in [3.8, 4) is 0 Å². The topological polar surface area (TPSA) is 54.5 Å². The lowest BCUT2D eigenvalue weighted by atomic mass is 9.81. The molecule has 4 nitrogen and oxygen atoms in total. The summed E-state index contributed by atoms with van der Waals surface area (Å²) in [6, 6.07) is 6.17.